The van der Waals surface area contributed by atoms with Crippen LogP contribution in [0.4, 0.5) is 4.79 Å². The van der Waals surface area contributed by atoms with Crippen molar-refractivity contribution in [3.8, 4) is 0 Å². The molecule has 22 nitrogen and oxygen atoms in total. The number of aryl methyl sites for hydroxylation is 1. The first-order valence-electron chi connectivity index (χ1n) is 28.1. The molecule has 1 aromatic carbocycles. The lowest BCUT2D eigenvalue weighted by molar-refractivity contribution is -0.318. The Balaban J connectivity index is 1.07. The van der Waals surface area contributed by atoms with Crippen LogP contribution >= 0.6 is 0 Å². The van der Waals surface area contributed by atoms with Gasteiger partial charge in [0.05, 0.1) is 54.5 Å². The molecule has 0 spiro atoms. The zero-order chi connectivity index (χ0) is 58.1. The second kappa shape index (κ2) is 25.4. The van der Waals surface area contributed by atoms with E-state index in [1.165, 1.54) is 13.3 Å². The van der Waals surface area contributed by atoms with Crippen molar-refractivity contribution in [3.63, 3.8) is 0 Å². The average Bonchev–Trinajstić information content (AvgIpc) is 3.82. The van der Waals surface area contributed by atoms with E-state index in [1.54, 1.807) is 45.3 Å². The third-order valence-electron chi connectivity index (χ3n) is 17.2. The van der Waals surface area contributed by atoms with Gasteiger partial charge in [-0.1, -0.05) is 26.8 Å². The van der Waals surface area contributed by atoms with Crippen molar-refractivity contribution >= 4 is 35.0 Å². The van der Waals surface area contributed by atoms with E-state index in [4.69, 9.17) is 47.4 Å². The SMILES string of the molecule is CC[C@H]1OC(=O)[C@H](C)[C@@H](O[C@H]2C[C@@](C)(OC)[C@@H](OC(=O)CCNCCCc3cc4c5c(c3)c(=O)c(C(=O)O)cn5COC4)[C@H](C)O2)[C@H](C)[C@@H](O[C@@H]2O[C@H](C)C[C@H](N(C)C)[C@H]2O)[C@](C)(O)C[C@@H](C)CN(C)[C@H](C)[C@H]2OC(=O)O[C@@]21C. The summed E-state index contributed by atoms with van der Waals surface area (Å²) in [4.78, 5) is 70.2. The maximum atomic E-state index is 14.8. The van der Waals surface area contributed by atoms with Crippen LogP contribution in [0.5, 0.6) is 0 Å². The van der Waals surface area contributed by atoms with Crippen molar-refractivity contribution in [1.82, 2.24) is 19.7 Å². The number of hydrogen-bond acceptors (Lipinski definition) is 20. The molecule has 5 aliphatic rings. The number of nitrogens with one attached hydrogen (secondary N) is 1. The highest BCUT2D eigenvalue weighted by Crippen LogP contribution is 2.42. The van der Waals surface area contributed by atoms with Gasteiger partial charge in [0, 0.05) is 61.8 Å². The number of cyclic esters (lactones) is 1. The van der Waals surface area contributed by atoms with Crippen LogP contribution in [0, 0.1) is 17.8 Å². The van der Waals surface area contributed by atoms with Gasteiger partial charge in [0.2, 0.25) is 5.43 Å². The number of aliphatic hydroxyl groups excluding tert-OH is 1. The number of nitrogens with zero attached hydrogens (tertiary/aromatic N) is 3. The topological polar surface area (TPSA) is 262 Å². The minimum atomic E-state index is -1.63. The summed E-state index contributed by atoms with van der Waals surface area (Å²) in [5.74, 6) is -4.54. The summed E-state index contributed by atoms with van der Waals surface area (Å²) in [6.07, 6.45) is -6.48. The third-order valence-corrected chi connectivity index (χ3v) is 17.2. The van der Waals surface area contributed by atoms with Crippen LogP contribution in [-0.2, 0) is 76.7 Å². The molecule has 5 aliphatic heterocycles. The number of carbonyl (C=O) groups is 4. The lowest BCUT2D eigenvalue weighted by Gasteiger charge is -2.49. The first kappa shape index (κ1) is 62.3. The molecule has 22 heteroatoms. The zero-order valence-electron chi connectivity index (χ0n) is 48.7. The predicted octanol–water partition coefficient (Wildman–Crippen LogP) is 4.75. The van der Waals surface area contributed by atoms with Crippen molar-refractivity contribution in [2.75, 3.05) is 47.9 Å². The molecular weight excluding hydrogens is 1030 g/mol. The van der Waals surface area contributed by atoms with E-state index in [2.05, 4.69) is 5.32 Å². The number of pyridine rings is 1. The minimum absolute atomic E-state index is 0.0314. The van der Waals surface area contributed by atoms with Crippen LogP contribution in [0.25, 0.3) is 10.9 Å². The van der Waals surface area contributed by atoms with Crippen LogP contribution in [0.3, 0.4) is 0 Å². The van der Waals surface area contributed by atoms with E-state index in [0.29, 0.717) is 56.4 Å². The van der Waals surface area contributed by atoms with E-state index in [9.17, 15) is 39.3 Å². The summed E-state index contributed by atoms with van der Waals surface area (Å²) in [6.45, 7) is 19.9. The van der Waals surface area contributed by atoms with Gasteiger partial charge in [-0.15, -0.1) is 0 Å². The van der Waals surface area contributed by atoms with Crippen LogP contribution in [0.1, 0.15) is 129 Å². The molecule has 0 aliphatic carbocycles. The van der Waals surface area contributed by atoms with Gasteiger partial charge in [0.25, 0.3) is 0 Å². The average molecular weight is 1120 g/mol. The molecular formula is C57H88N4O18. The number of benzene rings is 1. The zero-order valence-corrected chi connectivity index (χ0v) is 48.7. The molecule has 79 heavy (non-hydrogen) atoms. The van der Waals surface area contributed by atoms with Crippen molar-refractivity contribution in [3.05, 3.63) is 45.2 Å². The number of likely N-dealkylation sites (N-methyl/N-ethyl adjacent to an activating group) is 2. The fourth-order valence-corrected chi connectivity index (χ4v) is 12.9. The van der Waals surface area contributed by atoms with Gasteiger partial charge in [-0.05, 0) is 126 Å². The normalized spacial score (nSPS) is 37.8. The second-order valence-corrected chi connectivity index (χ2v) is 23.9. The lowest BCUT2D eigenvalue weighted by atomic mass is 9.77. The first-order chi connectivity index (χ1) is 37.1. The molecule has 4 N–H and O–H groups in total. The predicted molar refractivity (Wildman–Crippen MR) is 287 cm³/mol. The smallest absolute Gasteiger partial charge is 0.477 e. The van der Waals surface area contributed by atoms with Gasteiger partial charge in [-0.25, -0.2) is 9.59 Å². The summed E-state index contributed by atoms with van der Waals surface area (Å²) in [7, 11) is 7.17. The monoisotopic (exact) mass is 1120 g/mol. The molecule has 6 heterocycles. The Morgan fingerprint density at radius 1 is 0.962 bits per heavy atom. The number of rotatable bonds is 16. The molecule has 0 amide bonds. The minimum Gasteiger partial charge on any atom is -0.477 e. The molecule has 18 atom stereocenters. The van der Waals surface area contributed by atoms with Crippen molar-refractivity contribution < 1.29 is 81.9 Å². The molecule has 0 unspecified atom stereocenters. The number of carboxylic acids is 1. The molecule has 1 aromatic heterocycles. The van der Waals surface area contributed by atoms with E-state index < -0.39 is 119 Å². The quantitative estimate of drug-likeness (QED) is 0.100. The fraction of sp³-hybridized carbons (Fsp3) is 0.772. The van der Waals surface area contributed by atoms with Gasteiger partial charge in [-0.3, -0.25) is 19.3 Å². The highest BCUT2D eigenvalue weighted by atomic mass is 16.8. The number of hydrogen-bond donors (Lipinski definition) is 4. The Morgan fingerprint density at radius 2 is 1.68 bits per heavy atom. The molecule has 0 radical (unpaired) electrons. The molecule has 444 valence electrons. The number of carbonyl (C=O) groups excluding carboxylic acids is 3. The van der Waals surface area contributed by atoms with Gasteiger partial charge in [-0.2, -0.15) is 0 Å². The molecule has 4 fully saturated rings. The van der Waals surface area contributed by atoms with Crippen molar-refractivity contribution in [2.24, 2.45) is 17.8 Å². The summed E-state index contributed by atoms with van der Waals surface area (Å²) in [5.41, 5.74) is -2.63. The maximum absolute atomic E-state index is 14.8. The summed E-state index contributed by atoms with van der Waals surface area (Å²) in [6, 6.07) is 3.00. The van der Waals surface area contributed by atoms with Gasteiger partial charge >= 0.3 is 24.1 Å². The van der Waals surface area contributed by atoms with E-state index in [1.807, 2.05) is 71.6 Å². The summed E-state index contributed by atoms with van der Waals surface area (Å²) in [5, 5.41) is 37.9. The molecule has 4 saturated heterocycles. The van der Waals surface area contributed by atoms with Crippen molar-refractivity contribution in [2.45, 2.75) is 218 Å². The number of esters is 2. The van der Waals surface area contributed by atoms with Crippen LogP contribution in [0.2, 0.25) is 0 Å². The van der Waals surface area contributed by atoms with Crippen molar-refractivity contribution in [1.29, 1.82) is 0 Å². The number of carboxylic acid groups (broad SMARTS) is 1. The van der Waals surface area contributed by atoms with Crippen LogP contribution < -0.4 is 10.7 Å². The number of fused-ring (bicyclic) bond motifs is 1. The Morgan fingerprint density at radius 3 is 2.35 bits per heavy atom. The Bertz CT molecular complexity index is 2540. The molecule has 0 saturated carbocycles. The largest absolute Gasteiger partial charge is 0.509 e. The Kier molecular flexibility index (Phi) is 20.1. The van der Waals surface area contributed by atoms with E-state index >= 15 is 0 Å². The summed E-state index contributed by atoms with van der Waals surface area (Å²) >= 11 is 0. The standard InChI is InChI=1S/C57H88N4O18/c1-15-41-57(10)49(78-54(68)79-57)34(6)60(13)26-30(2)24-55(8,69)48(77-53-46(64)40(59(11)12)21-31(3)72-53)32(4)47(33(5)52(67)74-41)76-43-25-56(9,70-14)50(35(7)73-43)75-42(62)18-20-58-19-16-17-36-22-37-28-71-29-61-27-39(51(65)66)45(63)38(23-36)44(37)61/h22-23,27,30-35,40-41,43,46-50,53,58,64,69H,15-21,24-26,28-29H2,1-14H3,(H,65,66)/t30-,31-,32+,33-,34-,35+,40+,41-,43+,46-,47+,48-,49-,50+,53+,55-,56-,57-/m1/s1. The molecule has 0 bridgehead atoms. The molecule has 7 rings (SSSR count). The van der Waals surface area contributed by atoms with Gasteiger partial charge < -0.3 is 77.5 Å². The number of ether oxygens (including phenoxy) is 10. The number of aromatic nitrogens is 1. The maximum Gasteiger partial charge on any atom is 0.509 e. The number of aliphatic hydroxyl groups is 2. The first-order valence-corrected chi connectivity index (χ1v) is 28.1. The fourth-order valence-electron chi connectivity index (χ4n) is 12.9. The number of aromatic carboxylic acids is 1. The lowest BCUT2D eigenvalue weighted by Crippen LogP contribution is -2.61. The number of methoxy groups -OCH3 is 1. The second-order valence-electron chi connectivity index (χ2n) is 23.9. The van der Waals surface area contributed by atoms with Gasteiger partial charge in [0.1, 0.15) is 30.1 Å². The Hall–Kier alpha value is -4.33. The highest BCUT2D eigenvalue weighted by molar-refractivity contribution is 5.93. The van der Waals surface area contributed by atoms with Crippen LogP contribution in [-0.4, -0.2) is 192 Å². The van der Waals surface area contributed by atoms with Gasteiger partial charge in [0.15, 0.2) is 30.4 Å². The summed E-state index contributed by atoms with van der Waals surface area (Å²) < 4.78 is 64.4. The Labute approximate surface area is 463 Å². The van der Waals surface area contributed by atoms with E-state index in [0.717, 1.165) is 11.1 Å². The highest BCUT2D eigenvalue weighted by Gasteiger charge is 2.58. The van der Waals surface area contributed by atoms with E-state index in [-0.39, 0.29) is 56.0 Å². The van der Waals surface area contributed by atoms with Crippen LogP contribution in [0.15, 0.2) is 23.1 Å². The molecule has 2 aromatic rings. The third kappa shape index (κ3) is 13.6.